The molecule has 45 heavy (non-hydrogen) atoms. The van der Waals surface area contributed by atoms with Gasteiger partial charge in [0.05, 0.1) is 11.0 Å². The molecule has 0 saturated carbocycles. The van der Waals surface area contributed by atoms with Gasteiger partial charge in [0.25, 0.3) is 0 Å². The van der Waals surface area contributed by atoms with Gasteiger partial charge in [0.1, 0.15) is 0 Å². The van der Waals surface area contributed by atoms with Crippen LogP contribution >= 0.6 is 11.3 Å². The Kier molecular flexibility index (Phi) is 6.03. The molecule has 2 aromatic heterocycles. The maximum Gasteiger partial charge on any atom is 0.0621 e. The Morgan fingerprint density at radius 1 is 0.422 bits per heavy atom. The molecular formula is C42H28N2S. The Morgan fingerprint density at radius 2 is 1.07 bits per heavy atom. The van der Waals surface area contributed by atoms with E-state index in [-0.39, 0.29) is 0 Å². The lowest BCUT2D eigenvalue weighted by Gasteiger charge is -2.27. The molecular weight excluding hydrogens is 565 g/mol. The van der Waals surface area contributed by atoms with Gasteiger partial charge in [0, 0.05) is 59.3 Å². The molecule has 0 aliphatic carbocycles. The van der Waals surface area contributed by atoms with Crippen molar-refractivity contribution in [3.05, 3.63) is 170 Å². The van der Waals surface area contributed by atoms with Crippen LogP contribution in [0.2, 0.25) is 0 Å². The van der Waals surface area contributed by atoms with E-state index in [9.17, 15) is 0 Å². The summed E-state index contributed by atoms with van der Waals surface area (Å²) in [4.78, 5) is 2.41. The van der Waals surface area contributed by atoms with Crippen molar-refractivity contribution >= 4 is 70.4 Å². The summed E-state index contributed by atoms with van der Waals surface area (Å²) in [6, 6.07) is 61.4. The highest BCUT2D eigenvalue weighted by atomic mass is 32.1. The highest BCUT2D eigenvalue weighted by Gasteiger charge is 2.21. The molecule has 0 aliphatic rings. The standard InChI is InChI=1S/C42H28N2S/c1-4-14-29(15-5-1)37-26-33(27-38-34-20-10-12-22-39(34)44(42(37)38)31-18-8-3-9-19-31)43(30-16-6-2-7-17-30)32-24-25-36-35-21-11-13-23-40(35)45-41(36)28-32/h1-28H. The Morgan fingerprint density at radius 3 is 1.87 bits per heavy atom. The van der Waals surface area contributed by atoms with Crippen molar-refractivity contribution in [3.63, 3.8) is 0 Å². The van der Waals surface area contributed by atoms with Crippen LogP contribution in [-0.2, 0) is 0 Å². The maximum absolute atomic E-state index is 2.42. The van der Waals surface area contributed by atoms with E-state index in [0.29, 0.717) is 0 Å². The predicted octanol–water partition coefficient (Wildman–Crippen LogP) is 12.3. The highest BCUT2D eigenvalue weighted by Crippen LogP contribution is 2.45. The largest absolute Gasteiger partial charge is 0.310 e. The van der Waals surface area contributed by atoms with Crippen LogP contribution in [0.3, 0.4) is 0 Å². The lowest BCUT2D eigenvalue weighted by molar-refractivity contribution is 1.18. The van der Waals surface area contributed by atoms with E-state index < -0.39 is 0 Å². The summed E-state index contributed by atoms with van der Waals surface area (Å²) in [6.07, 6.45) is 0. The van der Waals surface area contributed by atoms with Crippen molar-refractivity contribution in [2.24, 2.45) is 0 Å². The normalized spacial score (nSPS) is 11.6. The molecule has 0 bridgehead atoms. The Balaban J connectivity index is 1.37. The van der Waals surface area contributed by atoms with Crippen LogP contribution < -0.4 is 4.90 Å². The number of hydrogen-bond acceptors (Lipinski definition) is 2. The van der Waals surface area contributed by atoms with Crippen LogP contribution in [0.5, 0.6) is 0 Å². The topological polar surface area (TPSA) is 8.17 Å². The zero-order valence-electron chi connectivity index (χ0n) is 24.5. The lowest BCUT2D eigenvalue weighted by atomic mass is 9.99. The summed E-state index contributed by atoms with van der Waals surface area (Å²) >= 11 is 1.86. The van der Waals surface area contributed by atoms with Gasteiger partial charge in [0.15, 0.2) is 0 Å². The monoisotopic (exact) mass is 592 g/mol. The molecule has 0 N–H and O–H groups in total. The first-order valence-electron chi connectivity index (χ1n) is 15.3. The van der Waals surface area contributed by atoms with Crippen LogP contribution in [0.15, 0.2) is 170 Å². The molecule has 0 fully saturated rings. The first kappa shape index (κ1) is 25.8. The quantitative estimate of drug-likeness (QED) is 0.193. The lowest BCUT2D eigenvalue weighted by Crippen LogP contribution is -2.10. The van der Waals surface area contributed by atoms with Gasteiger partial charge in [-0.3, -0.25) is 0 Å². The minimum atomic E-state index is 1.13. The number of hydrogen-bond donors (Lipinski definition) is 0. The first-order chi connectivity index (χ1) is 22.3. The molecule has 0 aliphatic heterocycles. The second-order valence-electron chi connectivity index (χ2n) is 11.4. The molecule has 0 unspecified atom stereocenters. The summed E-state index contributed by atoms with van der Waals surface area (Å²) in [7, 11) is 0. The van der Waals surface area contributed by atoms with E-state index in [4.69, 9.17) is 0 Å². The molecule has 0 atom stereocenters. The minimum Gasteiger partial charge on any atom is -0.310 e. The van der Waals surface area contributed by atoms with E-state index in [1.807, 2.05) is 11.3 Å². The Bertz CT molecular complexity index is 2470. The van der Waals surface area contributed by atoms with E-state index in [0.717, 1.165) is 22.7 Å². The zero-order valence-corrected chi connectivity index (χ0v) is 25.3. The number of aromatic nitrogens is 1. The molecule has 2 heterocycles. The maximum atomic E-state index is 2.42. The third kappa shape index (κ3) is 4.24. The number of fused-ring (bicyclic) bond motifs is 6. The van der Waals surface area contributed by atoms with Crippen LogP contribution in [-0.4, -0.2) is 4.57 Å². The van der Waals surface area contributed by atoms with Gasteiger partial charge in [-0.1, -0.05) is 109 Å². The number of rotatable bonds is 5. The first-order valence-corrected chi connectivity index (χ1v) is 16.1. The van der Waals surface area contributed by atoms with Crippen LogP contribution in [0.1, 0.15) is 0 Å². The molecule has 7 aromatic carbocycles. The van der Waals surface area contributed by atoms with Gasteiger partial charge in [-0.2, -0.15) is 0 Å². The van der Waals surface area contributed by atoms with E-state index in [1.165, 1.54) is 53.1 Å². The van der Waals surface area contributed by atoms with Crippen molar-refractivity contribution in [2.45, 2.75) is 0 Å². The number of para-hydroxylation sites is 3. The third-order valence-electron chi connectivity index (χ3n) is 8.75. The number of anilines is 3. The molecule has 0 amide bonds. The zero-order chi connectivity index (χ0) is 29.7. The van der Waals surface area contributed by atoms with Crippen molar-refractivity contribution in [1.29, 1.82) is 0 Å². The molecule has 9 aromatic rings. The van der Waals surface area contributed by atoms with Gasteiger partial charge < -0.3 is 9.47 Å². The summed E-state index contributed by atoms with van der Waals surface area (Å²) < 4.78 is 5.03. The van der Waals surface area contributed by atoms with E-state index in [1.54, 1.807) is 0 Å². The number of benzene rings is 7. The van der Waals surface area contributed by atoms with Crippen LogP contribution in [0, 0.1) is 0 Å². The number of thiophene rings is 1. The average Bonchev–Trinajstić information content (AvgIpc) is 3.65. The fourth-order valence-corrected chi connectivity index (χ4v) is 7.91. The van der Waals surface area contributed by atoms with Crippen molar-refractivity contribution in [3.8, 4) is 16.8 Å². The van der Waals surface area contributed by atoms with E-state index in [2.05, 4.69) is 179 Å². The minimum absolute atomic E-state index is 1.13. The van der Waals surface area contributed by atoms with Gasteiger partial charge in [-0.25, -0.2) is 0 Å². The summed E-state index contributed by atoms with van der Waals surface area (Å²) in [5, 5.41) is 5.09. The second-order valence-corrected chi connectivity index (χ2v) is 12.5. The number of nitrogens with zero attached hydrogens (tertiary/aromatic N) is 2. The van der Waals surface area contributed by atoms with E-state index >= 15 is 0 Å². The molecule has 212 valence electrons. The molecule has 0 spiro atoms. The summed E-state index contributed by atoms with van der Waals surface area (Å²) in [6.45, 7) is 0. The van der Waals surface area contributed by atoms with Crippen LogP contribution in [0.4, 0.5) is 17.1 Å². The van der Waals surface area contributed by atoms with Crippen molar-refractivity contribution in [1.82, 2.24) is 4.57 Å². The Hall–Kier alpha value is -5.64. The highest BCUT2D eigenvalue weighted by molar-refractivity contribution is 7.25. The smallest absolute Gasteiger partial charge is 0.0621 e. The second kappa shape index (κ2) is 10.5. The Labute approximate surface area is 265 Å². The average molecular weight is 593 g/mol. The fraction of sp³-hybridized carbons (Fsp3) is 0. The molecule has 9 rings (SSSR count). The van der Waals surface area contributed by atoms with Crippen molar-refractivity contribution < 1.29 is 0 Å². The SMILES string of the molecule is c1ccc(-c2cc(N(c3ccccc3)c3ccc4c(c3)sc3ccccc34)cc3c4ccccc4n(-c4ccccc4)c23)cc1. The van der Waals surface area contributed by atoms with Crippen molar-refractivity contribution in [2.75, 3.05) is 4.90 Å². The van der Waals surface area contributed by atoms with Gasteiger partial charge in [-0.15, -0.1) is 11.3 Å². The molecule has 0 saturated heterocycles. The molecule has 2 nitrogen and oxygen atoms in total. The summed E-state index contributed by atoms with van der Waals surface area (Å²) in [5.74, 6) is 0. The van der Waals surface area contributed by atoms with Crippen LogP contribution in [0.25, 0.3) is 58.8 Å². The molecule has 3 heteroatoms. The predicted molar refractivity (Wildman–Crippen MR) is 194 cm³/mol. The third-order valence-corrected chi connectivity index (χ3v) is 9.88. The van der Waals surface area contributed by atoms with Gasteiger partial charge in [-0.05, 0) is 66.2 Å². The summed E-state index contributed by atoms with van der Waals surface area (Å²) in [5.41, 5.74) is 9.36. The van der Waals surface area contributed by atoms with Gasteiger partial charge >= 0.3 is 0 Å². The molecule has 0 radical (unpaired) electrons. The fourth-order valence-electron chi connectivity index (χ4n) is 6.77. The van der Waals surface area contributed by atoms with Gasteiger partial charge in [0.2, 0.25) is 0 Å².